The summed E-state index contributed by atoms with van der Waals surface area (Å²) in [6.45, 7) is 4.73. The molecule has 0 fully saturated rings. The van der Waals surface area contributed by atoms with Gasteiger partial charge in [-0.2, -0.15) is 0 Å². The molecule has 2 aromatic heterocycles. The third-order valence-electron chi connectivity index (χ3n) is 3.93. The highest BCUT2D eigenvalue weighted by Gasteiger charge is 2.14. The minimum atomic E-state index is 0.601. The Morgan fingerprint density at radius 2 is 2.00 bits per heavy atom. The largest absolute Gasteiger partial charge is 0.496 e. The number of nitrogens with zero attached hydrogens (tertiary/aromatic N) is 2. The summed E-state index contributed by atoms with van der Waals surface area (Å²) >= 11 is 0. The maximum atomic E-state index is 5.80. The Hall–Kier alpha value is -2.33. The van der Waals surface area contributed by atoms with Crippen molar-refractivity contribution in [3.63, 3.8) is 0 Å². The van der Waals surface area contributed by atoms with Crippen molar-refractivity contribution >= 4 is 5.65 Å². The van der Waals surface area contributed by atoms with Crippen molar-refractivity contribution in [1.82, 2.24) is 9.38 Å². The molecule has 0 radical (unpaired) electrons. The Bertz CT molecular complexity index is 821. The quantitative estimate of drug-likeness (QED) is 0.804. The first-order valence-electron chi connectivity index (χ1n) is 7.46. The number of hydrogen-bond acceptors (Lipinski definition) is 3. The van der Waals surface area contributed by atoms with Crippen LogP contribution < -0.4 is 10.5 Å². The van der Waals surface area contributed by atoms with Crippen molar-refractivity contribution in [2.24, 2.45) is 5.73 Å². The van der Waals surface area contributed by atoms with Gasteiger partial charge in [-0.15, -0.1) is 0 Å². The summed E-state index contributed by atoms with van der Waals surface area (Å²) in [6.07, 6.45) is 2.87. The van der Waals surface area contributed by atoms with E-state index in [0.29, 0.717) is 6.54 Å². The molecule has 0 amide bonds. The first-order valence-corrected chi connectivity index (χ1v) is 7.46. The van der Waals surface area contributed by atoms with Gasteiger partial charge in [-0.1, -0.05) is 0 Å². The van der Waals surface area contributed by atoms with Gasteiger partial charge in [-0.25, -0.2) is 4.98 Å². The maximum Gasteiger partial charge on any atom is 0.137 e. The van der Waals surface area contributed by atoms with Crippen LogP contribution in [-0.2, 0) is 6.42 Å². The molecular weight excluding hydrogens is 274 g/mol. The minimum absolute atomic E-state index is 0.601. The Morgan fingerprint density at radius 1 is 1.18 bits per heavy atom. The SMILES string of the molecule is COc1ccc(-c2nc3cc(C)ccn3c2CCN)cc1C. The molecule has 0 aliphatic carbocycles. The van der Waals surface area contributed by atoms with Crippen LogP contribution in [0.15, 0.2) is 36.5 Å². The molecule has 4 nitrogen and oxygen atoms in total. The Morgan fingerprint density at radius 3 is 2.68 bits per heavy atom. The minimum Gasteiger partial charge on any atom is -0.496 e. The average molecular weight is 295 g/mol. The number of fused-ring (bicyclic) bond motifs is 1. The summed E-state index contributed by atoms with van der Waals surface area (Å²) in [4.78, 5) is 4.83. The van der Waals surface area contributed by atoms with Gasteiger partial charge in [0.2, 0.25) is 0 Å². The highest BCUT2D eigenvalue weighted by atomic mass is 16.5. The average Bonchev–Trinajstić information content (AvgIpc) is 2.85. The number of aryl methyl sites for hydroxylation is 2. The second-order valence-corrected chi connectivity index (χ2v) is 5.56. The number of ether oxygens (including phenoxy) is 1. The first-order chi connectivity index (χ1) is 10.6. The van der Waals surface area contributed by atoms with E-state index in [9.17, 15) is 0 Å². The van der Waals surface area contributed by atoms with Crippen molar-refractivity contribution in [2.75, 3.05) is 13.7 Å². The molecule has 4 heteroatoms. The summed E-state index contributed by atoms with van der Waals surface area (Å²) in [5.74, 6) is 0.892. The van der Waals surface area contributed by atoms with Crippen LogP contribution in [-0.4, -0.2) is 23.0 Å². The van der Waals surface area contributed by atoms with Gasteiger partial charge < -0.3 is 14.9 Å². The van der Waals surface area contributed by atoms with Crippen LogP contribution in [0.2, 0.25) is 0 Å². The van der Waals surface area contributed by atoms with Crippen molar-refractivity contribution in [3.05, 3.63) is 53.3 Å². The normalized spacial score (nSPS) is 11.1. The van der Waals surface area contributed by atoms with E-state index in [2.05, 4.69) is 41.8 Å². The fourth-order valence-electron chi connectivity index (χ4n) is 2.83. The zero-order chi connectivity index (χ0) is 15.7. The summed E-state index contributed by atoms with van der Waals surface area (Å²) in [7, 11) is 1.69. The van der Waals surface area contributed by atoms with E-state index in [1.165, 1.54) is 5.56 Å². The first kappa shape index (κ1) is 14.6. The lowest BCUT2D eigenvalue weighted by atomic mass is 10.1. The van der Waals surface area contributed by atoms with E-state index in [4.69, 9.17) is 15.5 Å². The molecule has 1 aromatic carbocycles. The summed E-state index contributed by atoms with van der Waals surface area (Å²) in [5.41, 5.74) is 12.3. The number of nitrogens with two attached hydrogens (primary N) is 1. The lowest BCUT2D eigenvalue weighted by Crippen LogP contribution is -2.06. The van der Waals surface area contributed by atoms with Gasteiger partial charge in [0.15, 0.2) is 0 Å². The highest BCUT2D eigenvalue weighted by molar-refractivity contribution is 5.68. The van der Waals surface area contributed by atoms with E-state index in [1.54, 1.807) is 7.11 Å². The molecule has 2 heterocycles. The molecule has 3 rings (SSSR count). The number of imidazole rings is 1. The van der Waals surface area contributed by atoms with Crippen molar-refractivity contribution < 1.29 is 4.74 Å². The molecule has 114 valence electrons. The zero-order valence-electron chi connectivity index (χ0n) is 13.3. The van der Waals surface area contributed by atoms with Crippen molar-refractivity contribution in [3.8, 4) is 17.0 Å². The summed E-state index contributed by atoms with van der Waals surface area (Å²) in [5, 5.41) is 0. The zero-order valence-corrected chi connectivity index (χ0v) is 13.3. The molecule has 2 N–H and O–H groups in total. The lowest BCUT2D eigenvalue weighted by Gasteiger charge is -2.08. The number of aromatic nitrogens is 2. The Kier molecular flexibility index (Phi) is 3.86. The van der Waals surface area contributed by atoms with Gasteiger partial charge in [0.1, 0.15) is 11.4 Å². The van der Waals surface area contributed by atoms with Gasteiger partial charge in [-0.3, -0.25) is 0 Å². The van der Waals surface area contributed by atoms with Crippen LogP contribution in [0.4, 0.5) is 0 Å². The Labute approximate surface area is 130 Å². The second-order valence-electron chi connectivity index (χ2n) is 5.56. The van der Waals surface area contributed by atoms with Crippen LogP contribution in [0, 0.1) is 13.8 Å². The van der Waals surface area contributed by atoms with Crippen LogP contribution in [0.25, 0.3) is 16.9 Å². The fourth-order valence-corrected chi connectivity index (χ4v) is 2.83. The number of hydrogen-bond donors (Lipinski definition) is 1. The van der Waals surface area contributed by atoms with Gasteiger partial charge in [-0.05, 0) is 61.9 Å². The molecule has 0 saturated heterocycles. The van der Waals surface area contributed by atoms with Gasteiger partial charge in [0, 0.05) is 18.2 Å². The maximum absolute atomic E-state index is 5.80. The molecule has 0 spiro atoms. The number of methoxy groups -OCH3 is 1. The van der Waals surface area contributed by atoms with Gasteiger partial charge in [0.05, 0.1) is 18.5 Å². The third kappa shape index (κ3) is 2.46. The molecule has 0 bridgehead atoms. The monoisotopic (exact) mass is 295 g/mol. The van der Waals surface area contributed by atoms with Crippen molar-refractivity contribution in [1.29, 1.82) is 0 Å². The highest BCUT2D eigenvalue weighted by Crippen LogP contribution is 2.29. The lowest BCUT2D eigenvalue weighted by molar-refractivity contribution is 0.412. The standard InChI is InChI=1S/C18H21N3O/c1-12-7-9-21-15(6-8-19)18(20-17(21)10-12)14-4-5-16(22-3)13(2)11-14/h4-5,7,9-11H,6,8,19H2,1-3H3. The second kappa shape index (κ2) is 5.81. The predicted molar refractivity (Wildman–Crippen MR) is 89.4 cm³/mol. The molecule has 0 unspecified atom stereocenters. The molecule has 0 aliphatic rings. The Balaban J connectivity index is 2.20. The summed E-state index contributed by atoms with van der Waals surface area (Å²) in [6, 6.07) is 10.4. The number of pyridine rings is 1. The van der Waals surface area contributed by atoms with Crippen LogP contribution in [0.1, 0.15) is 16.8 Å². The van der Waals surface area contributed by atoms with Crippen LogP contribution in [0.5, 0.6) is 5.75 Å². The van der Waals surface area contributed by atoms with E-state index in [1.807, 2.05) is 13.0 Å². The van der Waals surface area contributed by atoms with E-state index >= 15 is 0 Å². The molecule has 3 aromatic rings. The predicted octanol–water partition coefficient (Wildman–Crippen LogP) is 3.13. The van der Waals surface area contributed by atoms with Gasteiger partial charge >= 0.3 is 0 Å². The fraction of sp³-hybridized carbons (Fsp3) is 0.278. The van der Waals surface area contributed by atoms with E-state index in [0.717, 1.165) is 40.3 Å². The van der Waals surface area contributed by atoms with Crippen LogP contribution in [0.3, 0.4) is 0 Å². The van der Waals surface area contributed by atoms with Crippen molar-refractivity contribution in [2.45, 2.75) is 20.3 Å². The number of rotatable bonds is 4. The molecule has 0 atom stereocenters. The smallest absolute Gasteiger partial charge is 0.137 e. The molecule has 0 saturated carbocycles. The van der Waals surface area contributed by atoms with Gasteiger partial charge in [0.25, 0.3) is 0 Å². The van der Waals surface area contributed by atoms with E-state index < -0.39 is 0 Å². The van der Waals surface area contributed by atoms with Crippen LogP contribution >= 0.6 is 0 Å². The molecule has 0 aliphatic heterocycles. The van der Waals surface area contributed by atoms with E-state index in [-0.39, 0.29) is 0 Å². The molecular formula is C18H21N3O. The summed E-state index contributed by atoms with van der Waals surface area (Å²) < 4.78 is 7.48. The number of benzene rings is 1. The molecule has 22 heavy (non-hydrogen) atoms. The topological polar surface area (TPSA) is 52.5 Å². The third-order valence-corrected chi connectivity index (χ3v) is 3.93.